The number of methoxy groups -OCH3 is 1. The molecule has 0 fully saturated rings. The van der Waals surface area contributed by atoms with Crippen LogP contribution < -0.4 is 11.1 Å². The van der Waals surface area contributed by atoms with E-state index in [9.17, 15) is 14.0 Å². The summed E-state index contributed by atoms with van der Waals surface area (Å²) in [5, 5.41) is 2.43. The molecule has 0 aromatic heterocycles. The molecule has 0 aliphatic rings. The van der Waals surface area contributed by atoms with Gasteiger partial charge in [-0.2, -0.15) is 0 Å². The Bertz CT molecular complexity index is 486. The molecule has 0 aliphatic carbocycles. The first-order valence-electron chi connectivity index (χ1n) is 5.24. The number of para-hydroxylation sites is 1. The van der Waals surface area contributed by atoms with Crippen LogP contribution in [0.2, 0.25) is 0 Å². The molecule has 0 saturated carbocycles. The number of ether oxygens (including phenoxy) is 1. The number of amides is 1. The van der Waals surface area contributed by atoms with Crippen LogP contribution in [0.4, 0.5) is 10.1 Å². The van der Waals surface area contributed by atoms with Gasteiger partial charge in [0, 0.05) is 0 Å². The predicted octanol–water partition coefficient (Wildman–Crippen LogP) is 1.09. The standard InChI is InChI=1S/C12H15FN2O3/c1-12(2,11(17)18-3)15-10(16)7-5-4-6-8(13)9(7)14/h4-6H,14H2,1-3H3,(H,15,16). The van der Waals surface area contributed by atoms with Crippen LogP contribution in [0.15, 0.2) is 18.2 Å². The Kier molecular flexibility index (Phi) is 3.90. The SMILES string of the molecule is COC(=O)C(C)(C)NC(=O)c1cccc(F)c1N. The number of nitrogens with one attached hydrogen (secondary N) is 1. The average Bonchev–Trinajstić information content (AvgIpc) is 2.30. The molecule has 0 heterocycles. The van der Waals surface area contributed by atoms with Crippen LogP contribution in [0.1, 0.15) is 24.2 Å². The summed E-state index contributed by atoms with van der Waals surface area (Å²) in [7, 11) is 1.22. The van der Waals surface area contributed by atoms with E-state index in [1.165, 1.54) is 33.1 Å². The lowest BCUT2D eigenvalue weighted by Gasteiger charge is -2.23. The summed E-state index contributed by atoms with van der Waals surface area (Å²) >= 11 is 0. The lowest BCUT2D eigenvalue weighted by Crippen LogP contribution is -2.50. The van der Waals surface area contributed by atoms with E-state index in [1.807, 2.05) is 0 Å². The topological polar surface area (TPSA) is 81.4 Å². The van der Waals surface area contributed by atoms with Gasteiger partial charge in [-0.1, -0.05) is 6.07 Å². The smallest absolute Gasteiger partial charge is 0.330 e. The molecule has 18 heavy (non-hydrogen) atoms. The highest BCUT2D eigenvalue weighted by atomic mass is 19.1. The van der Waals surface area contributed by atoms with Crippen LogP contribution in [0, 0.1) is 5.82 Å². The van der Waals surface area contributed by atoms with E-state index < -0.39 is 23.2 Å². The molecule has 0 aliphatic heterocycles. The van der Waals surface area contributed by atoms with Gasteiger partial charge in [0.15, 0.2) is 0 Å². The van der Waals surface area contributed by atoms with Crippen LogP contribution in [-0.2, 0) is 9.53 Å². The van der Waals surface area contributed by atoms with Crippen LogP contribution in [0.3, 0.4) is 0 Å². The number of halogens is 1. The molecule has 0 unspecified atom stereocenters. The Morgan fingerprint density at radius 1 is 1.39 bits per heavy atom. The van der Waals surface area contributed by atoms with Crippen LogP contribution in [0.5, 0.6) is 0 Å². The molecule has 0 atom stereocenters. The quantitative estimate of drug-likeness (QED) is 0.625. The monoisotopic (exact) mass is 254 g/mol. The minimum absolute atomic E-state index is 0.0213. The predicted molar refractivity (Wildman–Crippen MR) is 64.4 cm³/mol. The number of hydrogen-bond donors (Lipinski definition) is 2. The second kappa shape index (κ2) is 5.03. The fourth-order valence-electron chi connectivity index (χ4n) is 1.39. The molecule has 1 aromatic rings. The van der Waals surface area contributed by atoms with Gasteiger partial charge in [0.25, 0.3) is 5.91 Å². The summed E-state index contributed by atoms with van der Waals surface area (Å²) in [6.45, 7) is 2.96. The summed E-state index contributed by atoms with van der Waals surface area (Å²) in [6, 6.07) is 3.89. The number of esters is 1. The third-order valence-electron chi connectivity index (χ3n) is 2.42. The first-order chi connectivity index (χ1) is 8.29. The van der Waals surface area contributed by atoms with Gasteiger partial charge < -0.3 is 15.8 Å². The molecule has 1 aromatic carbocycles. The van der Waals surface area contributed by atoms with Crippen molar-refractivity contribution in [2.24, 2.45) is 0 Å². The molecule has 0 spiro atoms. The third kappa shape index (κ3) is 2.77. The number of nitrogens with two attached hydrogens (primary N) is 1. The molecule has 0 bridgehead atoms. The summed E-state index contributed by atoms with van der Waals surface area (Å²) in [4.78, 5) is 23.3. The zero-order valence-electron chi connectivity index (χ0n) is 10.4. The highest BCUT2D eigenvalue weighted by Crippen LogP contribution is 2.17. The molecule has 3 N–H and O–H groups in total. The molecule has 5 nitrogen and oxygen atoms in total. The third-order valence-corrected chi connectivity index (χ3v) is 2.42. The van der Waals surface area contributed by atoms with E-state index in [0.717, 1.165) is 6.07 Å². The van der Waals surface area contributed by atoms with E-state index in [4.69, 9.17) is 5.73 Å². The second-order valence-corrected chi connectivity index (χ2v) is 4.27. The van der Waals surface area contributed by atoms with Crippen molar-refractivity contribution in [2.45, 2.75) is 19.4 Å². The number of rotatable bonds is 3. The van der Waals surface area contributed by atoms with E-state index in [1.54, 1.807) is 0 Å². The summed E-state index contributed by atoms with van der Waals surface area (Å²) in [5.74, 6) is -1.92. The van der Waals surface area contributed by atoms with Gasteiger partial charge in [0.1, 0.15) is 11.4 Å². The first-order valence-corrected chi connectivity index (χ1v) is 5.24. The Morgan fingerprint density at radius 2 is 2.00 bits per heavy atom. The van der Waals surface area contributed by atoms with Crippen molar-refractivity contribution in [3.8, 4) is 0 Å². The fraction of sp³-hybridized carbons (Fsp3) is 0.333. The van der Waals surface area contributed by atoms with Crippen LogP contribution in [-0.4, -0.2) is 24.5 Å². The van der Waals surface area contributed by atoms with Crippen molar-refractivity contribution in [1.29, 1.82) is 0 Å². The van der Waals surface area contributed by atoms with Crippen molar-refractivity contribution in [1.82, 2.24) is 5.32 Å². The molecule has 1 rings (SSSR count). The summed E-state index contributed by atoms with van der Waals surface area (Å²) in [6.07, 6.45) is 0. The lowest BCUT2D eigenvalue weighted by atomic mass is 10.0. The maximum Gasteiger partial charge on any atom is 0.330 e. The van der Waals surface area contributed by atoms with E-state index in [2.05, 4.69) is 10.1 Å². The Morgan fingerprint density at radius 3 is 2.56 bits per heavy atom. The summed E-state index contributed by atoms with van der Waals surface area (Å²) < 4.78 is 17.7. The molecule has 1 amide bonds. The summed E-state index contributed by atoms with van der Waals surface area (Å²) in [5.41, 5.74) is 3.97. The molecule has 0 radical (unpaired) electrons. The van der Waals surface area contributed by atoms with Crippen LogP contribution >= 0.6 is 0 Å². The minimum Gasteiger partial charge on any atom is -0.467 e. The van der Waals surface area contributed by atoms with Gasteiger partial charge in [0.05, 0.1) is 18.4 Å². The molecular formula is C12H15FN2O3. The van der Waals surface area contributed by atoms with Gasteiger partial charge in [-0.25, -0.2) is 9.18 Å². The second-order valence-electron chi connectivity index (χ2n) is 4.27. The van der Waals surface area contributed by atoms with Gasteiger partial charge in [-0.15, -0.1) is 0 Å². The molecular weight excluding hydrogens is 239 g/mol. The molecule has 6 heteroatoms. The number of hydrogen-bond acceptors (Lipinski definition) is 4. The van der Waals surface area contributed by atoms with Crippen molar-refractivity contribution < 1.29 is 18.7 Å². The van der Waals surface area contributed by atoms with Crippen molar-refractivity contribution in [3.05, 3.63) is 29.6 Å². The largest absolute Gasteiger partial charge is 0.467 e. The van der Waals surface area contributed by atoms with Crippen molar-refractivity contribution in [2.75, 3.05) is 12.8 Å². The Hall–Kier alpha value is -2.11. The Balaban J connectivity index is 2.96. The fourth-order valence-corrected chi connectivity index (χ4v) is 1.39. The van der Waals surface area contributed by atoms with E-state index >= 15 is 0 Å². The highest BCUT2D eigenvalue weighted by Gasteiger charge is 2.31. The zero-order valence-corrected chi connectivity index (χ0v) is 10.4. The number of carbonyl (C=O) groups is 2. The highest BCUT2D eigenvalue weighted by molar-refractivity contribution is 6.01. The average molecular weight is 254 g/mol. The van der Waals surface area contributed by atoms with E-state index in [0.29, 0.717) is 0 Å². The van der Waals surface area contributed by atoms with Gasteiger partial charge in [-0.05, 0) is 26.0 Å². The van der Waals surface area contributed by atoms with Gasteiger partial charge in [0.2, 0.25) is 0 Å². The lowest BCUT2D eigenvalue weighted by molar-refractivity contribution is -0.146. The number of anilines is 1. The van der Waals surface area contributed by atoms with E-state index in [-0.39, 0.29) is 11.3 Å². The first kappa shape index (κ1) is 14.0. The van der Waals surface area contributed by atoms with Crippen LogP contribution in [0.25, 0.3) is 0 Å². The maximum atomic E-state index is 13.2. The maximum absolute atomic E-state index is 13.2. The van der Waals surface area contributed by atoms with Crippen molar-refractivity contribution >= 4 is 17.6 Å². The number of nitrogen functional groups attached to an aromatic ring is 1. The zero-order chi connectivity index (χ0) is 13.9. The van der Waals surface area contributed by atoms with Gasteiger partial charge >= 0.3 is 5.97 Å². The Labute approximate surface area is 104 Å². The normalized spacial score (nSPS) is 10.9. The van der Waals surface area contributed by atoms with Crippen molar-refractivity contribution in [3.63, 3.8) is 0 Å². The number of benzene rings is 1. The molecule has 0 saturated heterocycles. The van der Waals surface area contributed by atoms with Gasteiger partial charge in [-0.3, -0.25) is 4.79 Å². The molecule has 98 valence electrons. The minimum atomic E-state index is -1.22. The number of carbonyl (C=O) groups excluding carboxylic acids is 2.